The highest BCUT2D eigenvalue weighted by atomic mass is 16.5. The molecule has 0 aromatic heterocycles. The number of nitrogens with zero attached hydrogens (tertiary/aromatic N) is 2. The maximum absolute atomic E-state index is 12.7. The molecule has 6 heteroatoms. The van der Waals surface area contributed by atoms with Crippen LogP contribution in [0, 0.1) is 5.41 Å². The Morgan fingerprint density at radius 2 is 1.88 bits per heavy atom. The van der Waals surface area contributed by atoms with Crippen LogP contribution in [0.5, 0.6) is 0 Å². The number of ether oxygens (including phenoxy) is 2. The van der Waals surface area contributed by atoms with Gasteiger partial charge in [0.1, 0.15) is 0 Å². The lowest BCUT2D eigenvalue weighted by Crippen LogP contribution is -2.59. The molecule has 0 unspecified atom stereocenters. The second-order valence-electron chi connectivity index (χ2n) is 8.56. The van der Waals surface area contributed by atoms with Gasteiger partial charge in [-0.05, 0) is 46.0 Å². The third kappa shape index (κ3) is 4.12. The fourth-order valence-corrected chi connectivity index (χ4v) is 4.09. The molecular weight excluding hydrogens is 332 g/mol. The highest BCUT2D eigenvalue weighted by Gasteiger charge is 2.43. The molecule has 0 aromatic carbocycles. The first-order valence-corrected chi connectivity index (χ1v) is 9.76. The van der Waals surface area contributed by atoms with Gasteiger partial charge in [-0.2, -0.15) is 0 Å². The van der Waals surface area contributed by atoms with Crippen molar-refractivity contribution in [3.05, 3.63) is 11.6 Å². The predicted octanol–water partition coefficient (Wildman–Crippen LogP) is 1.99. The van der Waals surface area contributed by atoms with Crippen LogP contribution < -0.4 is 0 Å². The summed E-state index contributed by atoms with van der Waals surface area (Å²) in [6, 6.07) is 0. The van der Waals surface area contributed by atoms with Crippen molar-refractivity contribution in [3.63, 3.8) is 0 Å². The van der Waals surface area contributed by atoms with Crippen LogP contribution in [0.4, 0.5) is 0 Å². The van der Waals surface area contributed by atoms with E-state index in [1.807, 2.05) is 29.7 Å². The van der Waals surface area contributed by atoms with Gasteiger partial charge in [0.05, 0.1) is 30.8 Å². The van der Waals surface area contributed by atoms with Gasteiger partial charge in [-0.3, -0.25) is 9.59 Å². The number of carbonyl (C=O) groups excluding carboxylic acids is 2. The molecule has 3 aliphatic rings. The van der Waals surface area contributed by atoms with Crippen molar-refractivity contribution in [1.29, 1.82) is 0 Å². The van der Waals surface area contributed by atoms with Crippen LogP contribution in [0.15, 0.2) is 11.6 Å². The van der Waals surface area contributed by atoms with Crippen molar-refractivity contribution in [2.45, 2.75) is 51.6 Å². The molecule has 146 valence electrons. The Morgan fingerprint density at radius 1 is 1.19 bits per heavy atom. The first kappa shape index (κ1) is 19.4. The van der Waals surface area contributed by atoms with Gasteiger partial charge < -0.3 is 19.3 Å². The largest absolute Gasteiger partial charge is 0.384 e. The molecule has 2 heterocycles. The van der Waals surface area contributed by atoms with E-state index in [9.17, 15) is 9.59 Å². The predicted molar refractivity (Wildman–Crippen MR) is 98.7 cm³/mol. The lowest BCUT2D eigenvalue weighted by Gasteiger charge is -2.48. The number of amides is 2. The van der Waals surface area contributed by atoms with E-state index in [-0.39, 0.29) is 17.4 Å². The van der Waals surface area contributed by atoms with Crippen LogP contribution in [-0.4, -0.2) is 73.7 Å². The fraction of sp³-hybridized carbons (Fsp3) is 0.800. The van der Waals surface area contributed by atoms with Gasteiger partial charge in [0.15, 0.2) is 0 Å². The third-order valence-electron chi connectivity index (χ3n) is 5.93. The van der Waals surface area contributed by atoms with Crippen molar-refractivity contribution in [2.75, 3.05) is 46.5 Å². The maximum atomic E-state index is 12.7. The Labute approximate surface area is 156 Å². The molecule has 2 amide bonds. The first-order valence-electron chi connectivity index (χ1n) is 9.76. The second-order valence-corrected chi connectivity index (χ2v) is 8.56. The molecule has 1 spiro atoms. The smallest absolute Gasteiger partial charge is 0.246 e. The Kier molecular flexibility index (Phi) is 5.72. The lowest BCUT2D eigenvalue weighted by molar-refractivity contribution is -0.164. The molecule has 0 N–H and O–H groups in total. The molecule has 1 aliphatic carbocycles. The van der Waals surface area contributed by atoms with Crippen molar-refractivity contribution in [2.24, 2.45) is 5.41 Å². The van der Waals surface area contributed by atoms with E-state index in [2.05, 4.69) is 0 Å². The highest BCUT2D eigenvalue weighted by Crippen LogP contribution is 2.33. The van der Waals surface area contributed by atoms with Crippen molar-refractivity contribution < 1.29 is 19.1 Å². The van der Waals surface area contributed by atoms with Gasteiger partial charge in [0.25, 0.3) is 0 Å². The molecule has 3 rings (SSSR count). The minimum atomic E-state index is -0.510. The van der Waals surface area contributed by atoms with Crippen LogP contribution in [-0.2, 0) is 19.1 Å². The molecule has 3 fully saturated rings. The molecule has 0 bridgehead atoms. The maximum Gasteiger partial charge on any atom is 0.246 e. The van der Waals surface area contributed by atoms with E-state index in [0.29, 0.717) is 39.4 Å². The number of hydrogen-bond acceptors (Lipinski definition) is 4. The normalized spacial score (nSPS) is 23.0. The summed E-state index contributed by atoms with van der Waals surface area (Å²) >= 11 is 0. The lowest BCUT2D eigenvalue weighted by atomic mass is 9.86. The van der Waals surface area contributed by atoms with Crippen molar-refractivity contribution >= 4 is 11.8 Å². The second kappa shape index (κ2) is 7.69. The van der Waals surface area contributed by atoms with E-state index in [4.69, 9.17) is 9.47 Å². The minimum absolute atomic E-state index is 0.127. The van der Waals surface area contributed by atoms with Crippen molar-refractivity contribution in [1.82, 2.24) is 9.80 Å². The standard InChI is InChI=1S/C20H32N2O4/c1-19(2,15-25-3)18(24)21-9-7-20(8-10-21)14-22(11-12-26-20)17(23)13-16-5-4-6-16/h13H,4-12,14-15H2,1-3H3. The van der Waals surface area contributed by atoms with Crippen LogP contribution in [0.3, 0.4) is 0 Å². The summed E-state index contributed by atoms with van der Waals surface area (Å²) in [5.41, 5.74) is 0.467. The summed E-state index contributed by atoms with van der Waals surface area (Å²) in [6.45, 7) is 7.50. The number of methoxy groups -OCH3 is 1. The van der Waals surface area contributed by atoms with E-state index in [1.165, 1.54) is 12.0 Å². The Morgan fingerprint density at radius 3 is 2.46 bits per heavy atom. The first-order chi connectivity index (χ1) is 12.4. The van der Waals surface area contributed by atoms with E-state index < -0.39 is 5.41 Å². The quantitative estimate of drug-likeness (QED) is 0.716. The Bertz CT molecular complexity index is 570. The molecule has 0 aromatic rings. The molecule has 2 saturated heterocycles. The van der Waals surface area contributed by atoms with E-state index >= 15 is 0 Å². The van der Waals surface area contributed by atoms with Gasteiger partial charge in [0.2, 0.25) is 11.8 Å². The third-order valence-corrected chi connectivity index (χ3v) is 5.93. The molecule has 1 saturated carbocycles. The number of rotatable bonds is 4. The topological polar surface area (TPSA) is 59.1 Å². The van der Waals surface area contributed by atoms with Gasteiger partial charge in [-0.25, -0.2) is 0 Å². The van der Waals surface area contributed by atoms with E-state index in [1.54, 1.807) is 7.11 Å². The van der Waals surface area contributed by atoms with Crippen LogP contribution in [0.1, 0.15) is 46.0 Å². The average molecular weight is 364 g/mol. The summed E-state index contributed by atoms with van der Waals surface area (Å²) in [7, 11) is 1.63. The number of morpholine rings is 1. The number of allylic oxidation sites excluding steroid dienone is 1. The van der Waals surface area contributed by atoms with Gasteiger partial charge in [0, 0.05) is 32.8 Å². The Balaban J connectivity index is 1.57. The van der Waals surface area contributed by atoms with E-state index in [0.717, 1.165) is 25.7 Å². The van der Waals surface area contributed by atoms with Gasteiger partial charge in [-0.15, -0.1) is 0 Å². The minimum Gasteiger partial charge on any atom is -0.384 e. The van der Waals surface area contributed by atoms with Crippen molar-refractivity contribution in [3.8, 4) is 0 Å². The zero-order chi connectivity index (χ0) is 18.8. The van der Waals surface area contributed by atoms with Crippen LogP contribution >= 0.6 is 0 Å². The highest BCUT2D eigenvalue weighted by molar-refractivity contribution is 5.88. The molecule has 26 heavy (non-hydrogen) atoms. The van der Waals surface area contributed by atoms with Crippen LogP contribution in [0.25, 0.3) is 0 Å². The molecule has 0 atom stereocenters. The van der Waals surface area contributed by atoms with Gasteiger partial charge >= 0.3 is 0 Å². The number of hydrogen-bond donors (Lipinski definition) is 0. The fourth-order valence-electron chi connectivity index (χ4n) is 4.09. The molecule has 0 radical (unpaired) electrons. The number of carbonyl (C=O) groups is 2. The average Bonchev–Trinajstić information content (AvgIpc) is 2.58. The summed E-state index contributed by atoms with van der Waals surface area (Å²) in [5.74, 6) is 0.259. The molecular formula is C20H32N2O4. The van der Waals surface area contributed by atoms with Crippen LogP contribution in [0.2, 0.25) is 0 Å². The zero-order valence-corrected chi connectivity index (χ0v) is 16.4. The van der Waals surface area contributed by atoms with Gasteiger partial charge in [-0.1, -0.05) is 5.57 Å². The molecule has 6 nitrogen and oxygen atoms in total. The monoisotopic (exact) mass is 364 g/mol. The summed E-state index contributed by atoms with van der Waals surface area (Å²) < 4.78 is 11.3. The number of likely N-dealkylation sites (tertiary alicyclic amines) is 1. The Hall–Kier alpha value is -1.40. The zero-order valence-electron chi connectivity index (χ0n) is 16.4. The SMILES string of the molecule is COCC(C)(C)C(=O)N1CCC2(CC1)CN(C(=O)C=C1CCC1)CCO2. The summed E-state index contributed by atoms with van der Waals surface area (Å²) in [6.07, 6.45) is 6.72. The molecule has 2 aliphatic heterocycles. The summed E-state index contributed by atoms with van der Waals surface area (Å²) in [4.78, 5) is 29.1. The number of piperidine rings is 1. The summed E-state index contributed by atoms with van der Waals surface area (Å²) in [5, 5.41) is 0.